The van der Waals surface area contributed by atoms with Gasteiger partial charge < -0.3 is 9.80 Å². The van der Waals surface area contributed by atoms with Gasteiger partial charge in [-0.1, -0.05) is 0 Å². The summed E-state index contributed by atoms with van der Waals surface area (Å²) < 4.78 is 0. The third-order valence-electron chi connectivity index (χ3n) is 2.09. The predicted octanol–water partition coefficient (Wildman–Crippen LogP) is -0.221. The van der Waals surface area contributed by atoms with Crippen molar-refractivity contribution in [3.63, 3.8) is 0 Å². The summed E-state index contributed by atoms with van der Waals surface area (Å²) >= 11 is 0. The van der Waals surface area contributed by atoms with Crippen LogP contribution >= 0.6 is 0 Å². The molecule has 1 aliphatic heterocycles. The van der Waals surface area contributed by atoms with Crippen LogP contribution in [0.1, 0.15) is 6.92 Å². The molecule has 3 nitrogen and oxygen atoms in total. The van der Waals surface area contributed by atoms with E-state index < -0.39 is 0 Å². The zero-order valence-corrected chi connectivity index (χ0v) is 6.79. The Hall–Kier alpha value is -0.570. The Bertz CT molecular complexity index is 141. The third kappa shape index (κ3) is 1.29. The summed E-state index contributed by atoms with van der Waals surface area (Å²) in [6.07, 6.45) is 0. The highest BCUT2D eigenvalue weighted by atomic mass is 16.2. The van der Waals surface area contributed by atoms with Gasteiger partial charge in [0.25, 0.3) is 0 Å². The van der Waals surface area contributed by atoms with Gasteiger partial charge in [0.05, 0.1) is 6.04 Å². The van der Waals surface area contributed by atoms with Gasteiger partial charge in [-0.05, 0) is 7.05 Å². The Labute approximate surface area is 61.6 Å². The summed E-state index contributed by atoms with van der Waals surface area (Å²) in [6.45, 7) is 3.66. The lowest BCUT2D eigenvalue weighted by molar-refractivity contribution is -0.132. The molecule has 0 radical (unpaired) electrons. The van der Waals surface area contributed by atoms with Crippen molar-refractivity contribution >= 4 is 5.91 Å². The normalized spacial score (nSPS) is 20.3. The van der Waals surface area contributed by atoms with Crippen LogP contribution in [-0.2, 0) is 4.79 Å². The SMILES string of the molecule is CC(=O)N(C)C1CN(C)C1. The van der Waals surface area contributed by atoms with Crippen molar-refractivity contribution in [3.05, 3.63) is 0 Å². The van der Waals surface area contributed by atoms with E-state index >= 15 is 0 Å². The molecule has 0 aromatic carbocycles. The molecule has 0 unspecified atom stereocenters. The number of hydrogen-bond acceptors (Lipinski definition) is 2. The minimum atomic E-state index is 0.165. The van der Waals surface area contributed by atoms with Crippen LogP contribution in [0.15, 0.2) is 0 Å². The third-order valence-corrected chi connectivity index (χ3v) is 2.09. The lowest BCUT2D eigenvalue weighted by Gasteiger charge is -2.41. The number of likely N-dealkylation sites (N-methyl/N-ethyl adjacent to an activating group) is 2. The van der Waals surface area contributed by atoms with E-state index in [4.69, 9.17) is 0 Å². The molecule has 0 N–H and O–H groups in total. The van der Waals surface area contributed by atoms with Crippen molar-refractivity contribution < 1.29 is 4.79 Å². The van der Waals surface area contributed by atoms with Gasteiger partial charge >= 0.3 is 0 Å². The first-order valence-electron chi connectivity index (χ1n) is 3.53. The van der Waals surface area contributed by atoms with Crippen molar-refractivity contribution in [1.29, 1.82) is 0 Å². The Morgan fingerprint density at radius 1 is 1.60 bits per heavy atom. The molecule has 1 aliphatic rings. The average Bonchev–Trinajstić information content (AvgIpc) is 1.79. The Morgan fingerprint density at radius 2 is 2.10 bits per heavy atom. The molecule has 1 heterocycles. The van der Waals surface area contributed by atoms with Crippen molar-refractivity contribution in [1.82, 2.24) is 9.80 Å². The van der Waals surface area contributed by atoms with E-state index in [2.05, 4.69) is 11.9 Å². The second kappa shape index (κ2) is 2.58. The van der Waals surface area contributed by atoms with Crippen LogP contribution in [0.3, 0.4) is 0 Å². The van der Waals surface area contributed by atoms with E-state index in [1.54, 1.807) is 11.8 Å². The first-order valence-corrected chi connectivity index (χ1v) is 3.53. The van der Waals surface area contributed by atoms with Crippen LogP contribution in [-0.4, -0.2) is 48.9 Å². The zero-order chi connectivity index (χ0) is 7.72. The molecule has 0 bridgehead atoms. The minimum absolute atomic E-state index is 0.165. The second-order valence-electron chi connectivity index (χ2n) is 3.00. The van der Waals surface area contributed by atoms with E-state index in [0.29, 0.717) is 6.04 Å². The topological polar surface area (TPSA) is 23.6 Å². The minimum Gasteiger partial charge on any atom is -0.340 e. The van der Waals surface area contributed by atoms with Gasteiger partial charge in [0.2, 0.25) is 5.91 Å². The maximum absolute atomic E-state index is 10.8. The summed E-state index contributed by atoms with van der Waals surface area (Å²) in [6, 6.07) is 0.461. The van der Waals surface area contributed by atoms with Gasteiger partial charge in [0.1, 0.15) is 0 Å². The molecule has 0 aliphatic carbocycles. The largest absolute Gasteiger partial charge is 0.340 e. The van der Waals surface area contributed by atoms with Crippen LogP contribution in [0.5, 0.6) is 0 Å². The van der Waals surface area contributed by atoms with E-state index in [-0.39, 0.29) is 5.91 Å². The first-order chi connectivity index (χ1) is 4.61. The van der Waals surface area contributed by atoms with Gasteiger partial charge in [0.15, 0.2) is 0 Å². The van der Waals surface area contributed by atoms with Crippen molar-refractivity contribution in [3.8, 4) is 0 Å². The molecule has 58 valence electrons. The molecule has 3 heteroatoms. The van der Waals surface area contributed by atoms with Crippen LogP contribution in [0.25, 0.3) is 0 Å². The number of amides is 1. The summed E-state index contributed by atoms with van der Waals surface area (Å²) in [5.74, 6) is 0.165. The molecule has 0 atom stereocenters. The summed E-state index contributed by atoms with van der Waals surface area (Å²) in [5, 5.41) is 0. The van der Waals surface area contributed by atoms with E-state index in [1.807, 2.05) is 7.05 Å². The quantitative estimate of drug-likeness (QED) is 0.505. The fourth-order valence-electron chi connectivity index (χ4n) is 1.17. The highest BCUT2D eigenvalue weighted by molar-refractivity contribution is 5.73. The van der Waals surface area contributed by atoms with Gasteiger partial charge in [-0.15, -0.1) is 0 Å². The molecule has 0 aromatic heterocycles. The van der Waals surface area contributed by atoms with Gasteiger partial charge in [-0.2, -0.15) is 0 Å². The predicted molar refractivity (Wildman–Crippen MR) is 39.7 cm³/mol. The average molecular weight is 142 g/mol. The standard InChI is InChI=1S/C7H14N2O/c1-6(10)9(3)7-4-8(2)5-7/h7H,4-5H2,1-3H3. The second-order valence-corrected chi connectivity index (χ2v) is 3.00. The summed E-state index contributed by atoms with van der Waals surface area (Å²) in [7, 11) is 3.92. The van der Waals surface area contributed by atoms with Gasteiger partial charge in [0, 0.05) is 27.1 Å². The fraction of sp³-hybridized carbons (Fsp3) is 0.857. The molecule has 0 saturated carbocycles. The van der Waals surface area contributed by atoms with Crippen LogP contribution < -0.4 is 0 Å². The molecular formula is C7H14N2O. The van der Waals surface area contributed by atoms with Crippen molar-refractivity contribution in [2.45, 2.75) is 13.0 Å². The molecular weight excluding hydrogens is 128 g/mol. The zero-order valence-electron chi connectivity index (χ0n) is 6.79. The molecule has 0 aromatic rings. The molecule has 1 saturated heterocycles. The Balaban J connectivity index is 2.31. The first kappa shape index (κ1) is 7.54. The molecule has 0 spiro atoms. The lowest BCUT2D eigenvalue weighted by Crippen LogP contribution is -2.57. The van der Waals surface area contributed by atoms with Crippen LogP contribution in [0.4, 0.5) is 0 Å². The summed E-state index contributed by atoms with van der Waals surface area (Å²) in [4.78, 5) is 14.8. The highest BCUT2D eigenvalue weighted by Crippen LogP contribution is 2.10. The summed E-state index contributed by atoms with van der Waals surface area (Å²) in [5.41, 5.74) is 0. The fourth-order valence-corrected chi connectivity index (χ4v) is 1.17. The van der Waals surface area contributed by atoms with Gasteiger partial charge in [-0.3, -0.25) is 4.79 Å². The monoisotopic (exact) mass is 142 g/mol. The molecule has 10 heavy (non-hydrogen) atoms. The Morgan fingerprint density at radius 3 is 2.40 bits per heavy atom. The van der Waals surface area contributed by atoms with Crippen LogP contribution in [0.2, 0.25) is 0 Å². The number of hydrogen-bond donors (Lipinski definition) is 0. The maximum Gasteiger partial charge on any atom is 0.219 e. The van der Waals surface area contributed by atoms with E-state index in [9.17, 15) is 4.79 Å². The smallest absolute Gasteiger partial charge is 0.219 e. The number of carbonyl (C=O) groups is 1. The van der Waals surface area contributed by atoms with E-state index in [0.717, 1.165) is 13.1 Å². The number of carbonyl (C=O) groups excluding carboxylic acids is 1. The highest BCUT2D eigenvalue weighted by Gasteiger charge is 2.27. The molecule has 1 rings (SSSR count). The van der Waals surface area contributed by atoms with Crippen LogP contribution in [0, 0.1) is 0 Å². The maximum atomic E-state index is 10.8. The molecule has 1 fully saturated rings. The molecule has 1 amide bonds. The number of rotatable bonds is 1. The van der Waals surface area contributed by atoms with Crippen molar-refractivity contribution in [2.24, 2.45) is 0 Å². The Kier molecular flexibility index (Phi) is 1.94. The number of likely N-dealkylation sites (tertiary alicyclic amines) is 1. The lowest BCUT2D eigenvalue weighted by atomic mass is 10.1. The number of nitrogens with zero attached hydrogens (tertiary/aromatic N) is 2. The van der Waals surface area contributed by atoms with E-state index in [1.165, 1.54) is 0 Å². The van der Waals surface area contributed by atoms with Gasteiger partial charge in [-0.25, -0.2) is 0 Å². The van der Waals surface area contributed by atoms with Crippen molar-refractivity contribution in [2.75, 3.05) is 27.2 Å².